The standard InChI is InChI=1S/C50H28O2/c1-3-11-34-29(8-1)10-7-15-35(34)33-19-24-46-44(28-33)43-27-32(18-23-45(43)51-46)31-16-20-40-42(26-31)38-14-6-5-13-37(38)39-21-22-41-48-36-12-4-2-9-30(36)17-25-47(48)52-50(41)49(39)40/h1-28H. The summed E-state index contributed by atoms with van der Waals surface area (Å²) in [5.74, 6) is 0. The summed E-state index contributed by atoms with van der Waals surface area (Å²) in [4.78, 5) is 0. The third-order valence-electron chi connectivity index (χ3n) is 11.2. The summed E-state index contributed by atoms with van der Waals surface area (Å²) in [5, 5.41) is 16.8. The van der Waals surface area contributed by atoms with E-state index in [4.69, 9.17) is 8.83 Å². The molecule has 0 aliphatic heterocycles. The van der Waals surface area contributed by atoms with Crippen LogP contribution in [0.4, 0.5) is 0 Å². The average Bonchev–Trinajstić information content (AvgIpc) is 3.78. The molecule has 0 aliphatic rings. The van der Waals surface area contributed by atoms with E-state index in [1.165, 1.54) is 70.6 Å². The van der Waals surface area contributed by atoms with Gasteiger partial charge in [0.15, 0.2) is 0 Å². The van der Waals surface area contributed by atoms with Gasteiger partial charge in [-0.15, -0.1) is 0 Å². The summed E-state index contributed by atoms with van der Waals surface area (Å²) in [6.45, 7) is 0. The van der Waals surface area contributed by atoms with Crippen LogP contribution in [0.2, 0.25) is 0 Å². The summed E-state index contributed by atoms with van der Waals surface area (Å²) in [5.41, 5.74) is 8.40. The first-order valence-corrected chi connectivity index (χ1v) is 17.8. The van der Waals surface area contributed by atoms with Gasteiger partial charge in [0.25, 0.3) is 0 Å². The maximum absolute atomic E-state index is 6.78. The van der Waals surface area contributed by atoms with Crippen molar-refractivity contribution in [3.05, 3.63) is 170 Å². The minimum atomic E-state index is 0.894. The van der Waals surface area contributed by atoms with Crippen LogP contribution in [0.15, 0.2) is 179 Å². The molecular formula is C50H28O2. The number of rotatable bonds is 2. The molecule has 0 bridgehead atoms. The molecule has 0 radical (unpaired) electrons. The molecule has 240 valence electrons. The Hall–Kier alpha value is -6.90. The largest absolute Gasteiger partial charge is 0.456 e. The third kappa shape index (κ3) is 3.84. The van der Waals surface area contributed by atoms with Crippen LogP contribution in [0, 0.1) is 0 Å². The van der Waals surface area contributed by atoms with Gasteiger partial charge in [-0.25, -0.2) is 0 Å². The number of fused-ring (bicyclic) bond motifs is 16. The van der Waals surface area contributed by atoms with E-state index in [1.54, 1.807) is 0 Å². The summed E-state index contributed by atoms with van der Waals surface area (Å²) >= 11 is 0. The second-order valence-electron chi connectivity index (χ2n) is 14.0. The van der Waals surface area contributed by atoms with E-state index in [-0.39, 0.29) is 0 Å². The Kier molecular flexibility index (Phi) is 5.53. The van der Waals surface area contributed by atoms with Crippen molar-refractivity contribution >= 4 is 97.7 Å². The van der Waals surface area contributed by atoms with Crippen molar-refractivity contribution in [1.82, 2.24) is 0 Å². The van der Waals surface area contributed by atoms with Crippen molar-refractivity contribution in [1.29, 1.82) is 0 Å². The number of hydrogen-bond donors (Lipinski definition) is 0. The molecule has 0 aliphatic carbocycles. The molecule has 10 aromatic carbocycles. The first kappa shape index (κ1) is 27.9. The first-order chi connectivity index (χ1) is 25.8. The van der Waals surface area contributed by atoms with Crippen LogP contribution < -0.4 is 0 Å². The van der Waals surface area contributed by atoms with E-state index in [0.29, 0.717) is 0 Å². The molecule has 0 spiro atoms. The van der Waals surface area contributed by atoms with Gasteiger partial charge in [0, 0.05) is 26.9 Å². The van der Waals surface area contributed by atoms with E-state index >= 15 is 0 Å². The van der Waals surface area contributed by atoms with Crippen LogP contribution in [0.3, 0.4) is 0 Å². The fourth-order valence-corrected chi connectivity index (χ4v) is 8.82. The molecule has 2 heterocycles. The fourth-order valence-electron chi connectivity index (χ4n) is 8.82. The van der Waals surface area contributed by atoms with Crippen molar-refractivity contribution in [2.24, 2.45) is 0 Å². The molecule has 12 rings (SSSR count). The number of furan rings is 2. The van der Waals surface area contributed by atoms with Crippen molar-refractivity contribution < 1.29 is 8.83 Å². The van der Waals surface area contributed by atoms with Gasteiger partial charge in [-0.05, 0) is 113 Å². The highest BCUT2D eigenvalue weighted by Gasteiger charge is 2.18. The minimum absolute atomic E-state index is 0.894. The monoisotopic (exact) mass is 660 g/mol. The molecule has 0 N–H and O–H groups in total. The predicted molar refractivity (Wildman–Crippen MR) is 219 cm³/mol. The van der Waals surface area contributed by atoms with Gasteiger partial charge in [-0.3, -0.25) is 0 Å². The first-order valence-electron chi connectivity index (χ1n) is 17.8. The Balaban J connectivity index is 1.09. The van der Waals surface area contributed by atoms with Gasteiger partial charge in [0.1, 0.15) is 22.3 Å². The smallest absolute Gasteiger partial charge is 0.143 e. The van der Waals surface area contributed by atoms with E-state index < -0.39 is 0 Å². The summed E-state index contributed by atoms with van der Waals surface area (Å²) in [6.07, 6.45) is 0. The molecule has 52 heavy (non-hydrogen) atoms. The molecule has 0 unspecified atom stereocenters. The minimum Gasteiger partial charge on any atom is -0.456 e. The highest BCUT2D eigenvalue weighted by Crippen LogP contribution is 2.45. The second kappa shape index (κ2) is 10.3. The lowest BCUT2D eigenvalue weighted by atomic mass is 9.90. The van der Waals surface area contributed by atoms with Crippen LogP contribution in [-0.2, 0) is 0 Å². The quantitative estimate of drug-likeness (QED) is 0.173. The Morgan fingerprint density at radius 2 is 0.808 bits per heavy atom. The fraction of sp³-hybridized carbons (Fsp3) is 0. The van der Waals surface area contributed by atoms with Gasteiger partial charge in [0.05, 0.1) is 0 Å². The van der Waals surface area contributed by atoms with E-state index in [0.717, 1.165) is 49.4 Å². The zero-order chi connectivity index (χ0) is 33.9. The number of benzene rings is 10. The van der Waals surface area contributed by atoms with Crippen LogP contribution in [0.1, 0.15) is 0 Å². The molecule has 2 heteroatoms. The topological polar surface area (TPSA) is 26.3 Å². The Morgan fingerprint density at radius 3 is 1.62 bits per heavy atom. The van der Waals surface area contributed by atoms with Crippen LogP contribution in [0.5, 0.6) is 0 Å². The van der Waals surface area contributed by atoms with Crippen molar-refractivity contribution in [2.75, 3.05) is 0 Å². The summed E-state index contributed by atoms with van der Waals surface area (Å²) < 4.78 is 13.2. The Morgan fingerprint density at radius 1 is 0.269 bits per heavy atom. The third-order valence-corrected chi connectivity index (χ3v) is 11.2. The van der Waals surface area contributed by atoms with Crippen LogP contribution in [-0.4, -0.2) is 0 Å². The Labute approximate surface area is 297 Å². The maximum atomic E-state index is 6.78. The summed E-state index contributed by atoms with van der Waals surface area (Å²) in [7, 11) is 0. The summed E-state index contributed by atoms with van der Waals surface area (Å²) in [6, 6.07) is 61.4. The van der Waals surface area contributed by atoms with Crippen molar-refractivity contribution in [3.8, 4) is 22.3 Å². The zero-order valence-corrected chi connectivity index (χ0v) is 28.0. The molecule has 2 aromatic heterocycles. The molecule has 12 aromatic rings. The van der Waals surface area contributed by atoms with Crippen LogP contribution >= 0.6 is 0 Å². The lowest BCUT2D eigenvalue weighted by Crippen LogP contribution is -1.86. The normalized spacial score (nSPS) is 12.2. The highest BCUT2D eigenvalue weighted by atomic mass is 16.3. The zero-order valence-electron chi connectivity index (χ0n) is 28.0. The van der Waals surface area contributed by atoms with Gasteiger partial charge in [0.2, 0.25) is 0 Å². The lowest BCUT2D eigenvalue weighted by molar-refractivity contribution is 0.669. The van der Waals surface area contributed by atoms with Gasteiger partial charge >= 0.3 is 0 Å². The van der Waals surface area contributed by atoms with Crippen LogP contribution in [0.25, 0.3) is 120 Å². The Bertz CT molecular complexity index is 3460. The predicted octanol–water partition coefficient (Wildman–Crippen LogP) is 14.6. The molecule has 0 saturated carbocycles. The van der Waals surface area contributed by atoms with Crippen molar-refractivity contribution in [3.63, 3.8) is 0 Å². The van der Waals surface area contributed by atoms with E-state index in [2.05, 4.69) is 170 Å². The van der Waals surface area contributed by atoms with E-state index in [9.17, 15) is 0 Å². The molecule has 0 atom stereocenters. The van der Waals surface area contributed by atoms with E-state index in [1.807, 2.05) is 0 Å². The molecular weight excluding hydrogens is 633 g/mol. The number of hydrogen-bond acceptors (Lipinski definition) is 2. The molecule has 0 fully saturated rings. The molecule has 0 amide bonds. The van der Waals surface area contributed by atoms with Crippen molar-refractivity contribution in [2.45, 2.75) is 0 Å². The highest BCUT2D eigenvalue weighted by molar-refractivity contribution is 6.34. The SMILES string of the molecule is c1ccc2c(-c3ccc4oc5ccc(-c6ccc7c(c6)c6ccccc6c6ccc8c(oc9ccc%10ccccc%10c98)c67)cc5c4c3)cccc2c1. The van der Waals surface area contributed by atoms with Gasteiger partial charge in [-0.2, -0.15) is 0 Å². The maximum Gasteiger partial charge on any atom is 0.143 e. The van der Waals surface area contributed by atoms with Gasteiger partial charge in [-0.1, -0.05) is 127 Å². The molecule has 2 nitrogen and oxygen atoms in total. The molecule has 0 saturated heterocycles. The second-order valence-corrected chi connectivity index (χ2v) is 14.0. The average molecular weight is 661 g/mol. The van der Waals surface area contributed by atoms with Gasteiger partial charge < -0.3 is 8.83 Å². The lowest BCUT2D eigenvalue weighted by Gasteiger charge is -2.12.